The Labute approximate surface area is 252 Å². The van der Waals surface area contributed by atoms with Crippen LogP contribution in [0.15, 0.2) is 42.2 Å². The van der Waals surface area contributed by atoms with Crippen LogP contribution < -0.4 is 15.0 Å². The molecule has 0 amide bonds. The molecule has 6 rings (SSSR count). The predicted octanol–water partition coefficient (Wildman–Crippen LogP) is 6.54. The van der Waals surface area contributed by atoms with Crippen molar-refractivity contribution in [2.45, 2.75) is 58.0 Å². The first-order chi connectivity index (χ1) is 20.4. The average molecular weight is 592 g/mol. The maximum atomic E-state index is 16.4. The van der Waals surface area contributed by atoms with Crippen molar-refractivity contribution < 1.29 is 14.2 Å². The van der Waals surface area contributed by atoms with Crippen molar-refractivity contribution in [2.75, 3.05) is 44.2 Å². The molecule has 3 aliphatic rings. The highest BCUT2D eigenvalue weighted by atomic mass is 35.5. The van der Waals surface area contributed by atoms with E-state index in [4.69, 9.17) is 21.3 Å². The molecule has 3 fully saturated rings. The normalized spacial score (nSPS) is 21.5. The van der Waals surface area contributed by atoms with Crippen molar-refractivity contribution in [1.82, 2.24) is 20.2 Å². The van der Waals surface area contributed by atoms with E-state index in [9.17, 15) is 5.11 Å². The van der Waals surface area contributed by atoms with Gasteiger partial charge in [0.2, 0.25) is 0 Å². The number of aliphatic hydroxyl groups is 1. The van der Waals surface area contributed by atoms with Crippen LogP contribution in [0.5, 0.6) is 6.01 Å². The number of allylic oxidation sites excluding steroid dienone is 2. The van der Waals surface area contributed by atoms with E-state index >= 15 is 4.39 Å². The Bertz CT molecular complexity index is 1510. The third-order valence-electron chi connectivity index (χ3n) is 8.66. The Morgan fingerprint density at radius 3 is 2.64 bits per heavy atom. The van der Waals surface area contributed by atoms with Gasteiger partial charge in [0, 0.05) is 42.7 Å². The van der Waals surface area contributed by atoms with Crippen LogP contribution in [-0.4, -0.2) is 71.4 Å². The fraction of sp³-hybridized carbons (Fsp3) is 0.455. The lowest BCUT2D eigenvalue weighted by Crippen LogP contribution is -2.51. The largest absolute Gasteiger partial charge is 0.508 e. The zero-order chi connectivity index (χ0) is 29.2. The van der Waals surface area contributed by atoms with Crippen molar-refractivity contribution in [1.29, 1.82) is 0 Å². The molecular formula is C33H39ClFN5O2. The molecule has 0 spiro atoms. The number of nitrogens with one attached hydrogen (secondary N) is 1. The lowest BCUT2D eigenvalue weighted by molar-refractivity contribution is 0.250. The number of aryl methyl sites for hydroxylation is 1. The average Bonchev–Trinajstić information content (AvgIpc) is 3.61. The van der Waals surface area contributed by atoms with Gasteiger partial charge in [0.05, 0.1) is 11.6 Å². The minimum atomic E-state index is -0.543. The van der Waals surface area contributed by atoms with Crippen molar-refractivity contribution in [2.24, 2.45) is 0 Å². The first kappa shape index (κ1) is 28.9. The van der Waals surface area contributed by atoms with Gasteiger partial charge in [-0.3, -0.25) is 0 Å². The molecule has 2 N–H and O–H groups in total. The molecule has 0 aliphatic carbocycles. The van der Waals surface area contributed by atoms with Crippen LogP contribution in [0.4, 0.5) is 10.2 Å². The lowest BCUT2D eigenvalue weighted by atomic mass is 10.0. The monoisotopic (exact) mass is 591 g/mol. The number of anilines is 1. The van der Waals surface area contributed by atoms with Crippen LogP contribution in [0.25, 0.3) is 22.6 Å². The van der Waals surface area contributed by atoms with Crippen LogP contribution >= 0.6 is 11.6 Å². The van der Waals surface area contributed by atoms with Gasteiger partial charge in [-0.15, -0.1) is 0 Å². The highest BCUT2D eigenvalue weighted by molar-refractivity contribution is 6.33. The summed E-state index contributed by atoms with van der Waals surface area (Å²) in [5.74, 6) is 0.127. The van der Waals surface area contributed by atoms with Crippen molar-refractivity contribution in [3.05, 3.63) is 69.7 Å². The summed E-state index contributed by atoms with van der Waals surface area (Å²) in [4.78, 5) is 14.0. The van der Waals surface area contributed by atoms with Gasteiger partial charge in [0.15, 0.2) is 5.82 Å². The molecule has 2 bridgehead atoms. The number of hydrogen-bond donors (Lipinski definition) is 2. The molecule has 1 aromatic heterocycles. The number of nitrogens with zero attached hydrogens (tertiary/aromatic N) is 4. The van der Waals surface area contributed by atoms with Gasteiger partial charge in [-0.25, -0.2) is 4.39 Å². The van der Waals surface area contributed by atoms with Crippen LogP contribution in [0, 0.1) is 12.7 Å². The molecule has 3 saturated heterocycles. The number of fused-ring (bicyclic) bond motifs is 3. The minimum absolute atomic E-state index is 0.0130. The lowest BCUT2D eigenvalue weighted by Gasteiger charge is -2.34. The summed E-state index contributed by atoms with van der Waals surface area (Å²) < 4.78 is 22.4. The quantitative estimate of drug-likeness (QED) is 0.166. The van der Waals surface area contributed by atoms with E-state index in [0.29, 0.717) is 35.5 Å². The molecule has 7 nitrogen and oxygen atoms in total. The van der Waals surface area contributed by atoms with E-state index in [1.54, 1.807) is 19.1 Å². The molecular weight excluding hydrogens is 553 g/mol. The van der Waals surface area contributed by atoms with E-state index in [-0.39, 0.29) is 27.9 Å². The Morgan fingerprint density at radius 2 is 1.90 bits per heavy atom. The Morgan fingerprint density at radius 1 is 1.17 bits per heavy atom. The van der Waals surface area contributed by atoms with E-state index in [1.807, 2.05) is 31.2 Å². The Kier molecular flexibility index (Phi) is 8.65. The van der Waals surface area contributed by atoms with Crippen molar-refractivity contribution >= 4 is 40.0 Å². The molecule has 222 valence electrons. The third kappa shape index (κ3) is 6.26. The van der Waals surface area contributed by atoms with Gasteiger partial charge in [-0.2, -0.15) is 9.97 Å². The second-order valence-corrected chi connectivity index (χ2v) is 12.2. The maximum Gasteiger partial charge on any atom is 0.319 e. The van der Waals surface area contributed by atoms with Crippen LogP contribution in [0.1, 0.15) is 55.7 Å². The van der Waals surface area contributed by atoms with Crippen LogP contribution in [-0.2, 0) is 0 Å². The summed E-state index contributed by atoms with van der Waals surface area (Å²) in [6, 6.07) is 10.5. The second-order valence-electron chi connectivity index (χ2n) is 11.8. The van der Waals surface area contributed by atoms with Gasteiger partial charge in [-0.1, -0.05) is 35.9 Å². The maximum absolute atomic E-state index is 16.4. The summed E-state index contributed by atoms with van der Waals surface area (Å²) in [5.41, 5.74) is 2.80. The highest BCUT2D eigenvalue weighted by Gasteiger charge is 2.34. The molecule has 3 aromatic rings. The first-order valence-electron chi connectivity index (χ1n) is 15.1. The van der Waals surface area contributed by atoms with E-state index in [1.165, 1.54) is 18.9 Å². The summed E-state index contributed by atoms with van der Waals surface area (Å²) in [6.07, 6.45) is 8.80. The molecule has 2 aromatic carbocycles. The number of aliphatic hydroxyl groups excluding tert-OH is 1. The Hall–Kier alpha value is -3.20. The van der Waals surface area contributed by atoms with Crippen molar-refractivity contribution in [3.63, 3.8) is 0 Å². The van der Waals surface area contributed by atoms with E-state index in [2.05, 4.69) is 20.1 Å². The standard InChI is InChI=1S/C33H39ClFN5O2/c1-21-8-3-4-9-23(21)17-26(41)16-22(2)29-28(34)18-27-31(30(29)35)37-33(42-15-7-14-39-12-5-6-13-39)38-32(27)40-19-24-10-11-25(20-40)36-24/h3-4,8-9,16-18,24-25,36,41H,5-7,10-15,19-20H2,1-2H3/b22-16+,26-17+. The molecule has 0 radical (unpaired) electrons. The van der Waals surface area contributed by atoms with E-state index < -0.39 is 5.82 Å². The number of ether oxygens (including phenoxy) is 1. The van der Waals surface area contributed by atoms with Crippen molar-refractivity contribution in [3.8, 4) is 6.01 Å². The molecule has 2 atom stereocenters. The molecule has 4 heterocycles. The summed E-state index contributed by atoms with van der Waals surface area (Å²) in [6.45, 7) is 9.00. The van der Waals surface area contributed by atoms with Crippen LogP contribution in [0.2, 0.25) is 5.02 Å². The first-order valence-corrected chi connectivity index (χ1v) is 15.4. The predicted molar refractivity (Wildman–Crippen MR) is 168 cm³/mol. The number of piperazine rings is 1. The zero-order valence-corrected chi connectivity index (χ0v) is 25.1. The fourth-order valence-corrected chi connectivity index (χ4v) is 6.84. The summed E-state index contributed by atoms with van der Waals surface area (Å²) in [7, 11) is 0. The number of halogens is 2. The summed E-state index contributed by atoms with van der Waals surface area (Å²) >= 11 is 6.75. The SMILES string of the molecule is C/C(=C\C(O)=C/c1ccccc1C)c1c(Cl)cc2c(N3CC4CCC(C3)N4)nc(OCCCN3CCCC3)nc2c1F. The summed E-state index contributed by atoms with van der Waals surface area (Å²) in [5, 5.41) is 15.2. The molecule has 2 unspecified atom stereocenters. The van der Waals surface area contributed by atoms with Gasteiger partial charge in [0.25, 0.3) is 0 Å². The number of rotatable bonds is 9. The topological polar surface area (TPSA) is 73.8 Å². The van der Waals surface area contributed by atoms with Gasteiger partial charge < -0.3 is 25.0 Å². The zero-order valence-electron chi connectivity index (χ0n) is 24.4. The fourth-order valence-electron chi connectivity index (χ4n) is 6.50. The molecule has 3 aliphatic heterocycles. The molecule has 0 saturated carbocycles. The second kappa shape index (κ2) is 12.6. The Balaban J connectivity index is 1.34. The number of benzene rings is 2. The number of likely N-dealkylation sites (tertiary alicyclic amines) is 1. The minimum Gasteiger partial charge on any atom is -0.508 e. The van der Waals surface area contributed by atoms with Gasteiger partial charge in [0.1, 0.15) is 17.1 Å². The molecule has 42 heavy (non-hydrogen) atoms. The number of hydrogen-bond acceptors (Lipinski definition) is 7. The third-order valence-corrected chi connectivity index (χ3v) is 8.96. The smallest absolute Gasteiger partial charge is 0.319 e. The van der Waals surface area contributed by atoms with Crippen LogP contribution in [0.3, 0.4) is 0 Å². The van der Waals surface area contributed by atoms with E-state index in [0.717, 1.165) is 63.1 Å². The highest BCUT2D eigenvalue weighted by Crippen LogP contribution is 2.38. The molecule has 9 heteroatoms. The number of aromatic nitrogens is 2. The van der Waals surface area contributed by atoms with Gasteiger partial charge in [-0.05, 0) is 94.0 Å². The van der Waals surface area contributed by atoms with Gasteiger partial charge >= 0.3 is 6.01 Å².